The number of hydrogen-bond acceptors (Lipinski definition) is 7. The molecule has 0 bridgehead atoms. The minimum atomic E-state index is -1.44. The molecule has 0 spiro atoms. The summed E-state index contributed by atoms with van der Waals surface area (Å²) in [6, 6.07) is -4.57. The highest BCUT2D eigenvalue weighted by Gasteiger charge is 2.34. The molecule has 0 fully saturated rings. The first-order chi connectivity index (χ1) is 14.5. The van der Waals surface area contributed by atoms with Gasteiger partial charge in [0.05, 0.1) is 18.5 Å². The lowest BCUT2D eigenvalue weighted by Crippen LogP contribution is -2.61. The van der Waals surface area contributed by atoms with Gasteiger partial charge in [0.15, 0.2) is 0 Å². The third-order valence-corrected chi connectivity index (χ3v) is 4.86. The van der Waals surface area contributed by atoms with Crippen LogP contribution in [0.1, 0.15) is 39.8 Å². The minimum Gasteiger partial charge on any atom is -0.480 e. The molecule has 0 saturated carbocycles. The molecule has 8 N–H and O–H groups in total. The highest BCUT2D eigenvalue weighted by Crippen LogP contribution is 2.10. The number of aliphatic hydroxyl groups excluding tert-OH is 1. The molecule has 0 radical (unpaired) electrons. The third-order valence-electron chi connectivity index (χ3n) is 4.86. The number of aromatic nitrogens is 2. The number of carbonyl (C=O) groups excluding carboxylic acids is 3. The van der Waals surface area contributed by atoms with Crippen LogP contribution in [-0.4, -0.2) is 74.1 Å². The summed E-state index contributed by atoms with van der Waals surface area (Å²) in [5, 5.41) is 26.7. The summed E-state index contributed by atoms with van der Waals surface area (Å²) in [6.45, 7) is 6.33. The van der Waals surface area contributed by atoms with E-state index < -0.39 is 54.0 Å². The Labute approximate surface area is 180 Å². The molecule has 6 unspecified atom stereocenters. The molecular weight excluding hydrogens is 408 g/mol. The molecule has 1 rings (SSSR count). The Morgan fingerprint density at radius 2 is 1.65 bits per heavy atom. The molecule has 1 aromatic heterocycles. The van der Waals surface area contributed by atoms with Gasteiger partial charge >= 0.3 is 5.97 Å². The number of aromatic amines is 1. The van der Waals surface area contributed by atoms with Crippen LogP contribution in [0.2, 0.25) is 0 Å². The molecule has 6 atom stereocenters. The van der Waals surface area contributed by atoms with Gasteiger partial charge in [0.1, 0.15) is 18.1 Å². The second kappa shape index (κ2) is 12.0. The SMILES string of the molecule is CCC(C)C(NC(=O)C(C)N)C(=O)NC(C(=O)NC(Cc1cnc[nH]1)C(=O)O)C(C)O. The van der Waals surface area contributed by atoms with Crippen molar-refractivity contribution in [1.82, 2.24) is 25.9 Å². The summed E-state index contributed by atoms with van der Waals surface area (Å²) in [4.78, 5) is 55.5. The maximum atomic E-state index is 12.8. The first-order valence-electron chi connectivity index (χ1n) is 10.0. The maximum Gasteiger partial charge on any atom is 0.326 e. The molecule has 0 aliphatic heterocycles. The van der Waals surface area contributed by atoms with E-state index in [4.69, 9.17) is 5.73 Å². The number of carboxylic acid groups (broad SMARTS) is 1. The van der Waals surface area contributed by atoms with E-state index in [9.17, 15) is 29.4 Å². The fraction of sp³-hybridized carbons (Fsp3) is 0.632. The Kier molecular flexibility index (Phi) is 10.1. The Bertz CT molecular complexity index is 751. The molecule has 12 nitrogen and oxygen atoms in total. The average Bonchev–Trinajstić information content (AvgIpc) is 3.21. The normalized spacial score (nSPS) is 16.8. The molecular formula is C19H32N6O6. The number of carboxylic acids is 1. The van der Waals surface area contributed by atoms with Crippen molar-refractivity contribution in [2.24, 2.45) is 11.7 Å². The lowest BCUT2D eigenvalue weighted by molar-refractivity contribution is -0.143. The van der Waals surface area contributed by atoms with E-state index in [1.807, 2.05) is 6.92 Å². The van der Waals surface area contributed by atoms with Gasteiger partial charge in [-0.1, -0.05) is 20.3 Å². The van der Waals surface area contributed by atoms with Crippen molar-refractivity contribution >= 4 is 23.7 Å². The van der Waals surface area contributed by atoms with Crippen LogP contribution >= 0.6 is 0 Å². The average molecular weight is 441 g/mol. The number of aliphatic carboxylic acids is 1. The number of amides is 3. The Hall–Kier alpha value is -2.99. The van der Waals surface area contributed by atoms with Gasteiger partial charge in [0, 0.05) is 18.3 Å². The van der Waals surface area contributed by atoms with Crippen LogP contribution in [0, 0.1) is 5.92 Å². The van der Waals surface area contributed by atoms with Crippen molar-refractivity contribution in [2.45, 2.75) is 70.8 Å². The monoisotopic (exact) mass is 440 g/mol. The number of imidazole rings is 1. The summed E-state index contributed by atoms with van der Waals surface area (Å²) < 4.78 is 0. The van der Waals surface area contributed by atoms with Crippen molar-refractivity contribution in [2.75, 3.05) is 0 Å². The predicted octanol–water partition coefficient (Wildman–Crippen LogP) is -1.73. The van der Waals surface area contributed by atoms with Crippen molar-refractivity contribution in [1.29, 1.82) is 0 Å². The molecule has 174 valence electrons. The predicted molar refractivity (Wildman–Crippen MR) is 111 cm³/mol. The highest BCUT2D eigenvalue weighted by atomic mass is 16.4. The van der Waals surface area contributed by atoms with E-state index >= 15 is 0 Å². The molecule has 0 saturated heterocycles. The second-order valence-corrected chi connectivity index (χ2v) is 7.57. The van der Waals surface area contributed by atoms with Crippen molar-refractivity contribution in [3.05, 3.63) is 18.2 Å². The van der Waals surface area contributed by atoms with Crippen LogP contribution in [0.3, 0.4) is 0 Å². The van der Waals surface area contributed by atoms with Crippen LogP contribution in [-0.2, 0) is 25.6 Å². The third kappa shape index (κ3) is 7.98. The number of rotatable bonds is 12. The van der Waals surface area contributed by atoms with Gasteiger partial charge in [0.2, 0.25) is 17.7 Å². The van der Waals surface area contributed by atoms with Gasteiger partial charge in [-0.15, -0.1) is 0 Å². The van der Waals surface area contributed by atoms with Crippen LogP contribution in [0.4, 0.5) is 0 Å². The van der Waals surface area contributed by atoms with E-state index in [-0.39, 0.29) is 12.3 Å². The smallest absolute Gasteiger partial charge is 0.326 e. The summed E-state index contributed by atoms with van der Waals surface area (Å²) in [7, 11) is 0. The number of nitrogens with one attached hydrogen (secondary N) is 4. The number of aliphatic hydroxyl groups is 1. The Morgan fingerprint density at radius 3 is 2.10 bits per heavy atom. The van der Waals surface area contributed by atoms with Crippen LogP contribution in [0.5, 0.6) is 0 Å². The first kappa shape index (κ1) is 26.0. The summed E-state index contributed by atoms with van der Waals surface area (Å²) in [5.74, 6) is -3.68. The molecule has 12 heteroatoms. The molecule has 0 aromatic carbocycles. The van der Waals surface area contributed by atoms with Crippen LogP contribution < -0.4 is 21.7 Å². The Morgan fingerprint density at radius 1 is 1.06 bits per heavy atom. The minimum absolute atomic E-state index is 0.0680. The van der Waals surface area contributed by atoms with Gasteiger partial charge in [0.25, 0.3) is 0 Å². The fourth-order valence-corrected chi connectivity index (χ4v) is 2.71. The quantitative estimate of drug-likeness (QED) is 0.199. The number of H-pyrrole nitrogens is 1. The zero-order chi connectivity index (χ0) is 23.7. The van der Waals surface area contributed by atoms with E-state index in [1.54, 1.807) is 6.92 Å². The standard InChI is InChI=1S/C19H32N6O6/c1-5-9(2)14(24-16(27)10(3)20)17(28)25-15(11(4)26)18(29)23-13(19(30)31)6-12-7-21-8-22-12/h7-11,13-15,26H,5-6,20H2,1-4H3,(H,21,22)(H,23,29)(H,24,27)(H,25,28)(H,30,31). The molecule has 3 amide bonds. The largest absolute Gasteiger partial charge is 0.480 e. The maximum absolute atomic E-state index is 12.8. The fourth-order valence-electron chi connectivity index (χ4n) is 2.71. The first-order valence-corrected chi connectivity index (χ1v) is 10.0. The molecule has 0 aliphatic rings. The summed E-state index contributed by atoms with van der Waals surface area (Å²) in [6.07, 6.45) is 1.96. The topological polar surface area (TPSA) is 200 Å². The highest BCUT2D eigenvalue weighted by molar-refractivity contribution is 5.94. The molecule has 1 heterocycles. The zero-order valence-electron chi connectivity index (χ0n) is 18.1. The van der Waals surface area contributed by atoms with Crippen molar-refractivity contribution < 1.29 is 29.4 Å². The molecule has 0 aliphatic carbocycles. The van der Waals surface area contributed by atoms with E-state index in [0.717, 1.165) is 0 Å². The number of nitrogens with two attached hydrogens (primary N) is 1. The van der Waals surface area contributed by atoms with Crippen LogP contribution in [0.15, 0.2) is 12.5 Å². The van der Waals surface area contributed by atoms with E-state index in [2.05, 4.69) is 25.9 Å². The zero-order valence-corrected chi connectivity index (χ0v) is 18.1. The van der Waals surface area contributed by atoms with Crippen molar-refractivity contribution in [3.8, 4) is 0 Å². The molecule has 31 heavy (non-hydrogen) atoms. The number of hydrogen-bond donors (Lipinski definition) is 7. The van der Waals surface area contributed by atoms with Gasteiger partial charge in [-0.3, -0.25) is 14.4 Å². The lowest BCUT2D eigenvalue weighted by atomic mass is 9.97. The van der Waals surface area contributed by atoms with Gasteiger partial charge in [-0.2, -0.15) is 0 Å². The van der Waals surface area contributed by atoms with E-state index in [1.165, 1.54) is 26.4 Å². The Balaban J connectivity index is 2.94. The summed E-state index contributed by atoms with van der Waals surface area (Å²) in [5.41, 5.74) is 6.04. The van der Waals surface area contributed by atoms with Crippen molar-refractivity contribution in [3.63, 3.8) is 0 Å². The lowest BCUT2D eigenvalue weighted by Gasteiger charge is -2.28. The summed E-state index contributed by atoms with van der Waals surface area (Å²) >= 11 is 0. The van der Waals surface area contributed by atoms with E-state index in [0.29, 0.717) is 12.1 Å². The number of nitrogens with zero attached hydrogens (tertiary/aromatic N) is 1. The second-order valence-electron chi connectivity index (χ2n) is 7.57. The van der Waals surface area contributed by atoms with Crippen LogP contribution in [0.25, 0.3) is 0 Å². The van der Waals surface area contributed by atoms with Gasteiger partial charge < -0.3 is 36.9 Å². The van der Waals surface area contributed by atoms with Gasteiger partial charge in [-0.05, 0) is 19.8 Å². The molecule has 1 aromatic rings. The number of carbonyl (C=O) groups is 4. The van der Waals surface area contributed by atoms with Gasteiger partial charge in [-0.25, -0.2) is 9.78 Å².